The number of para-hydroxylation sites is 2. The highest BCUT2D eigenvalue weighted by Gasteiger charge is 2.22. The van der Waals surface area contributed by atoms with Crippen LogP contribution < -0.4 is 0 Å². The molecule has 0 saturated carbocycles. The molecule has 0 bridgehead atoms. The number of aromatic nitrogens is 4. The van der Waals surface area contributed by atoms with Crippen molar-refractivity contribution in [1.82, 2.24) is 29.7 Å². The molecule has 140 valence electrons. The van der Waals surface area contributed by atoms with Gasteiger partial charge in [-0.05, 0) is 23.6 Å². The van der Waals surface area contributed by atoms with Crippen LogP contribution in [0.15, 0.2) is 52.9 Å². The number of rotatable bonds is 3. The zero-order valence-electron chi connectivity index (χ0n) is 15.5. The molecule has 0 fully saturated rings. The number of nitrogens with one attached hydrogen (secondary N) is 2. The van der Waals surface area contributed by atoms with E-state index in [4.69, 9.17) is 0 Å². The molecule has 0 aliphatic carbocycles. The predicted octanol–water partition coefficient (Wildman–Crippen LogP) is 2.14. The molecule has 2 aliphatic heterocycles. The third-order valence-electron chi connectivity index (χ3n) is 5.06. The van der Waals surface area contributed by atoms with E-state index in [2.05, 4.69) is 46.6 Å². The third-order valence-corrected chi connectivity index (χ3v) is 5.06. The van der Waals surface area contributed by atoms with Crippen LogP contribution in [0, 0.1) is 11.8 Å². The Labute approximate surface area is 163 Å². The number of aromatic amines is 2. The van der Waals surface area contributed by atoms with Crippen molar-refractivity contribution in [3.05, 3.63) is 59.6 Å². The predicted molar refractivity (Wildman–Crippen MR) is 109 cm³/mol. The van der Waals surface area contributed by atoms with Gasteiger partial charge in [0.25, 0.3) is 0 Å². The van der Waals surface area contributed by atoms with Crippen molar-refractivity contribution in [3.63, 3.8) is 0 Å². The molecule has 0 saturated heterocycles. The highest BCUT2D eigenvalue weighted by Crippen LogP contribution is 2.22. The molecular weight excluding hydrogens is 350 g/mol. The molecule has 3 aromatic rings. The van der Waals surface area contributed by atoms with Gasteiger partial charge in [-0.25, -0.2) is 15.0 Å². The molecule has 7 nitrogen and oxygen atoms in total. The van der Waals surface area contributed by atoms with Crippen molar-refractivity contribution in [2.45, 2.75) is 13.0 Å². The molecule has 0 amide bonds. The highest BCUT2D eigenvalue weighted by atomic mass is 15.2. The second-order valence-corrected chi connectivity index (χ2v) is 7.10. The zero-order chi connectivity index (χ0) is 18.8. The molecule has 2 aromatic heterocycles. The fourth-order valence-electron chi connectivity index (χ4n) is 3.67. The van der Waals surface area contributed by atoms with Gasteiger partial charge < -0.3 is 14.9 Å². The first-order chi connectivity index (χ1) is 13.8. The van der Waals surface area contributed by atoms with Gasteiger partial charge in [0.2, 0.25) is 0 Å². The van der Waals surface area contributed by atoms with Gasteiger partial charge in [0, 0.05) is 44.1 Å². The summed E-state index contributed by atoms with van der Waals surface area (Å²) in [5.41, 5.74) is 4.59. The number of fused-ring (bicyclic) bond motifs is 1. The van der Waals surface area contributed by atoms with Crippen LogP contribution in [0.4, 0.5) is 0 Å². The molecule has 7 heteroatoms. The lowest BCUT2D eigenvalue weighted by atomic mass is 10.0. The highest BCUT2D eigenvalue weighted by molar-refractivity contribution is 5.75. The lowest BCUT2D eigenvalue weighted by molar-refractivity contribution is 0.300. The van der Waals surface area contributed by atoms with E-state index in [9.17, 15) is 0 Å². The smallest absolute Gasteiger partial charge is 0.183 e. The summed E-state index contributed by atoms with van der Waals surface area (Å²) >= 11 is 0. The van der Waals surface area contributed by atoms with Gasteiger partial charge in [-0.2, -0.15) is 0 Å². The lowest BCUT2D eigenvalue weighted by Gasteiger charge is -2.33. The Bertz CT molecular complexity index is 1060. The Balaban J connectivity index is 1.21. The van der Waals surface area contributed by atoms with Gasteiger partial charge in [0.05, 0.1) is 30.5 Å². The Kier molecular flexibility index (Phi) is 4.39. The van der Waals surface area contributed by atoms with E-state index in [1.807, 2.05) is 36.8 Å². The van der Waals surface area contributed by atoms with Gasteiger partial charge in [0.1, 0.15) is 5.82 Å². The fraction of sp³-hybridized carbons (Fsp3) is 0.286. The van der Waals surface area contributed by atoms with Gasteiger partial charge in [-0.15, -0.1) is 0 Å². The summed E-state index contributed by atoms with van der Waals surface area (Å²) in [6.45, 7) is 4.28. The van der Waals surface area contributed by atoms with Crippen molar-refractivity contribution in [2.75, 3.05) is 26.2 Å². The summed E-state index contributed by atoms with van der Waals surface area (Å²) in [5, 5.41) is 0. The molecule has 0 unspecified atom stereocenters. The maximum absolute atomic E-state index is 4.66. The molecule has 0 atom stereocenters. The summed E-state index contributed by atoms with van der Waals surface area (Å²) in [6.07, 6.45) is 6.55. The zero-order valence-corrected chi connectivity index (χ0v) is 15.5. The minimum absolute atomic E-state index is 0.727. The summed E-state index contributed by atoms with van der Waals surface area (Å²) in [7, 11) is 0. The van der Waals surface area contributed by atoms with Crippen LogP contribution in [-0.4, -0.2) is 62.3 Å². The van der Waals surface area contributed by atoms with Crippen LogP contribution in [0.5, 0.6) is 0 Å². The Morgan fingerprint density at radius 1 is 1.18 bits per heavy atom. The minimum atomic E-state index is 0.727. The summed E-state index contributed by atoms with van der Waals surface area (Å²) < 4.78 is 0. The van der Waals surface area contributed by atoms with Crippen molar-refractivity contribution in [2.24, 2.45) is 4.99 Å². The first-order valence-corrected chi connectivity index (χ1v) is 9.47. The topological polar surface area (TPSA) is 76.2 Å². The summed E-state index contributed by atoms with van der Waals surface area (Å²) in [5.74, 6) is 8.12. The first-order valence-electron chi connectivity index (χ1n) is 9.47. The Morgan fingerprint density at radius 2 is 2.14 bits per heavy atom. The van der Waals surface area contributed by atoms with Gasteiger partial charge in [-0.3, -0.25) is 4.90 Å². The Hall–Kier alpha value is -3.37. The van der Waals surface area contributed by atoms with Crippen molar-refractivity contribution in [3.8, 4) is 11.8 Å². The van der Waals surface area contributed by atoms with Gasteiger partial charge >= 0.3 is 0 Å². The largest absolute Gasteiger partial charge is 0.351 e. The van der Waals surface area contributed by atoms with E-state index >= 15 is 0 Å². The SMILES string of the molecule is C(#Cc1nc2ccccc2[nH]1)CN1CCC2=C(CN(Cc3ncc[nH]3)C=N2)C1. The van der Waals surface area contributed by atoms with E-state index in [1.165, 1.54) is 11.3 Å². The number of imidazole rings is 2. The van der Waals surface area contributed by atoms with Crippen LogP contribution in [-0.2, 0) is 6.54 Å². The fourth-order valence-corrected chi connectivity index (χ4v) is 3.67. The van der Waals surface area contributed by atoms with Crippen LogP contribution in [0.3, 0.4) is 0 Å². The van der Waals surface area contributed by atoms with Gasteiger partial charge in [0.15, 0.2) is 5.82 Å². The standard InChI is InChI=1S/C21H21N7/c1-2-5-19-18(4-1)25-20(26-19)6-3-10-27-11-7-17-16(12-27)13-28(15-24-17)14-21-22-8-9-23-21/h1-2,4-5,8-9,15H,7,10-14H2,(H,22,23)(H,25,26). The van der Waals surface area contributed by atoms with Crippen molar-refractivity contribution >= 4 is 17.4 Å². The van der Waals surface area contributed by atoms with Gasteiger partial charge in [-0.1, -0.05) is 18.1 Å². The molecule has 28 heavy (non-hydrogen) atoms. The number of nitrogens with zero attached hydrogens (tertiary/aromatic N) is 5. The maximum atomic E-state index is 4.66. The molecule has 1 aromatic carbocycles. The number of hydrogen-bond acceptors (Lipinski definition) is 5. The summed E-state index contributed by atoms with van der Waals surface area (Å²) in [4.78, 5) is 24.5. The van der Waals surface area contributed by atoms with Crippen molar-refractivity contribution < 1.29 is 0 Å². The van der Waals surface area contributed by atoms with E-state index < -0.39 is 0 Å². The number of hydrogen-bond donors (Lipinski definition) is 2. The number of aliphatic imine (C=N–C) groups is 1. The van der Waals surface area contributed by atoms with E-state index in [-0.39, 0.29) is 0 Å². The van der Waals surface area contributed by atoms with Crippen LogP contribution in [0.25, 0.3) is 11.0 Å². The number of benzene rings is 1. The van der Waals surface area contributed by atoms with Crippen LogP contribution in [0.2, 0.25) is 0 Å². The monoisotopic (exact) mass is 371 g/mol. The second-order valence-electron chi connectivity index (χ2n) is 7.10. The molecule has 4 heterocycles. The van der Waals surface area contributed by atoms with E-state index in [1.54, 1.807) is 6.20 Å². The Morgan fingerprint density at radius 3 is 3.04 bits per heavy atom. The van der Waals surface area contributed by atoms with Crippen molar-refractivity contribution in [1.29, 1.82) is 0 Å². The average Bonchev–Trinajstić information content (AvgIpc) is 3.37. The van der Waals surface area contributed by atoms with Crippen LogP contribution >= 0.6 is 0 Å². The molecular formula is C21H21N7. The molecule has 0 radical (unpaired) electrons. The third kappa shape index (κ3) is 3.55. The minimum Gasteiger partial charge on any atom is -0.351 e. The molecule has 2 N–H and O–H groups in total. The normalized spacial score (nSPS) is 16.9. The molecule has 2 aliphatic rings. The van der Waals surface area contributed by atoms with E-state index in [0.717, 1.165) is 61.8 Å². The second kappa shape index (κ2) is 7.33. The quantitative estimate of drug-likeness (QED) is 0.692. The van der Waals surface area contributed by atoms with Crippen LogP contribution in [0.1, 0.15) is 18.1 Å². The average molecular weight is 371 g/mol. The summed E-state index contributed by atoms with van der Waals surface area (Å²) in [6, 6.07) is 8.00. The first kappa shape index (κ1) is 16.8. The molecule has 5 rings (SSSR count). The number of H-pyrrole nitrogens is 2. The molecule has 0 spiro atoms. The lowest BCUT2D eigenvalue weighted by Crippen LogP contribution is -2.38. The van der Waals surface area contributed by atoms with E-state index in [0.29, 0.717) is 0 Å². The maximum Gasteiger partial charge on any atom is 0.183 e.